The first-order valence-electron chi connectivity index (χ1n) is 40.1. The number of rotatable bonds is 32. The number of esters is 12. The molecule has 15 rings (SSSR count). The number of carbonyl (C=O) groups is 12. The third-order valence-corrected chi connectivity index (χ3v) is 31.3. The van der Waals surface area contributed by atoms with E-state index in [1.807, 2.05) is 27.7 Å². The van der Waals surface area contributed by atoms with E-state index in [9.17, 15) is 123 Å². The van der Waals surface area contributed by atoms with Gasteiger partial charge >= 0.3 is 87.4 Å². The van der Waals surface area contributed by atoms with Crippen LogP contribution in [-0.4, -0.2) is 238 Å². The Kier molecular flexibility index (Phi) is 24.9. The van der Waals surface area contributed by atoms with Gasteiger partial charge in [0.25, 0.3) is 0 Å². The molecule has 672 valence electrons. The van der Waals surface area contributed by atoms with Crippen LogP contribution >= 0.6 is 0 Å². The van der Waals surface area contributed by atoms with Gasteiger partial charge in [-0.05, 0) is 172 Å². The maximum Gasteiger partial charge on any atom is 0.370 e. The zero-order valence-electron chi connectivity index (χ0n) is 65.9. The van der Waals surface area contributed by atoms with Gasteiger partial charge in [-0.15, -0.1) is 0 Å². The van der Waals surface area contributed by atoms with Crippen LogP contribution in [0, 0.1) is 112 Å². The summed E-state index contributed by atoms with van der Waals surface area (Å²) < 4.78 is 255. The number of hydrogen-bond acceptors (Lipinski definition) is 36. The second kappa shape index (κ2) is 33.1. The Morgan fingerprint density at radius 2 is 0.725 bits per heavy atom. The number of carbonyl (C=O) groups excluding carboxylic acids is 12. The minimum Gasteiger partial charge on any atom is -0.743 e. The summed E-state index contributed by atoms with van der Waals surface area (Å²) in [5, 5.41) is -14.6. The highest BCUT2D eigenvalue weighted by atomic mass is 32.2. The predicted molar refractivity (Wildman–Crippen MR) is 372 cm³/mol. The summed E-state index contributed by atoms with van der Waals surface area (Å²) in [6, 6.07) is 0. The zero-order chi connectivity index (χ0) is 87.8. The van der Waals surface area contributed by atoms with E-state index >= 15 is 0 Å². The number of ether oxygens (including phenoxy) is 15. The van der Waals surface area contributed by atoms with Crippen LogP contribution in [0.3, 0.4) is 0 Å². The van der Waals surface area contributed by atoms with Gasteiger partial charge in [-0.2, -0.15) is 26.3 Å². The maximum atomic E-state index is 13.7. The SMILES string of the molecule is CC(C)C1(OC(=O)C2C3CC4C(OC(=O)C42)C3OC(=O)COCC(=O)OC(C)C(F)(F)S(=O)(=O)[O-])CC2CCC1C2.CC(OC(=O)COCC(=O)OC1C2CC3C1OC(=O)C3C2C(=O)OC1(C)CC2CCC1C2)C(F)(F)S(=O)(=O)[O-].CCC1(OC(=O)C2C3CC4C(OC(=O)C42)C3OC(=O)COCC(=O)OC(C)C(F)(F)S(=O)(=O)[O-])CC2CCC1C2. The molecule has 15 aliphatic rings. The highest BCUT2D eigenvalue weighted by Gasteiger charge is 2.74. The lowest BCUT2D eigenvalue weighted by molar-refractivity contribution is -0.186. The molecule has 0 amide bonds. The number of hydrogen-bond donors (Lipinski definition) is 0. The predicted octanol–water partition coefficient (Wildman–Crippen LogP) is 3.77. The number of fused-ring (bicyclic) bond motifs is 9. The summed E-state index contributed by atoms with van der Waals surface area (Å²) in [6.07, 6.45) is 1.07. The van der Waals surface area contributed by atoms with Crippen molar-refractivity contribution in [2.24, 2.45) is 112 Å². The van der Waals surface area contributed by atoms with Gasteiger partial charge in [-0.3, -0.25) is 28.8 Å². The molecular weight excluding hydrogens is 1690 g/mol. The lowest BCUT2D eigenvalue weighted by Crippen LogP contribution is -2.50. The Morgan fingerprint density at radius 3 is 1.01 bits per heavy atom. The largest absolute Gasteiger partial charge is 0.743 e. The first-order chi connectivity index (χ1) is 55.9. The molecule has 0 spiro atoms. The van der Waals surface area contributed by atoms with E-state index in [0.29, 0.717) is 70.1 Å². The molecule has 30 atom stereocenters. The Hall–Kier alpha value is -7.17. The van der Waals surface area contributed by atoms with Crippen LogP contribution in [0.2, 0.25) is 0 Å². The van der Waals surface area contributed by atoms with Crippen LogP contribution < -0.4 is 0 Å². The van der Waals surface area contributed by atoms with Gasteiger partial charge in [0.2, 0.25) is 0 Å². The Bertz CT molecular complexity index is 4450. The fourth-order valence-electron chi connectivity index (χ4n) is 22.9. The van der Waals surface area contributed by atoms with Crippen LogP contribution in [0.25, 0.3) is 0 Å². The van der Waals surface area contributed by atoms with Crippen molar-refractivity contribution in [3.63, 3.8) is 0 Å². The monoisotopic (exact) mass is 1780 g/mol. The van der Waals surface area contributed by atoms with Gasteiger partial charge in [-0.25, -0.2) is 54.0 Å². The molecule has 0 radical (unpaired) electrons. The van der Waals surface area contributed by atoms with Gasteiger partial charge in [0, 0.05) is 35.5 Å². The number of halogens is 6. The van der Waals surface area contributed by atoms with E-state index in [0.717, 1.165) is 77.0 Å². The summed E-state index contributed by atoms with van der Waals surface area (Å²) in [7, 11) is -18.2. The average Bonchev–Trinajstić information content (AvgIpc) is 1.55. The van der Waals surface area contributed by atoms with Crippen molar-refractivity contribution in [1.29, 1.82) is 0 Å². The highest BCUT2D eigenvalue weighted by molar-refractivity contribution is 7.87. The molecule has 3 heterocycles. The summed E-state index contributed by atoms with van der Waals surface area (Å²) >= 11 is 0. The molecule has 12 saturated carbocycles. The molecule has 12 aliphatic carbocycles. The van der Waals surface area contributed by atoms with Crippen molar-refractivity contribution < 1.29 is 194 Å². The lowest BCUT2D eigenvalue weighted by Gasteiger charge is -2.42. The molecule has 30 unspecified atom stereocenters. The summed E-state index contributed by atoms with van der Waals surface area (Å²) in [6.45, 7) is 4.08. The van der Waals surface area contributed by atoms with E-state index in [1.165, 1.54) is 0 Å². The molecule has 15 fully saturated rings. The molecule has 45 heteroatoms. The standard InChI is InChI=1S/C26H34F2O12S.C25H32F2O12S.C24H30F2O12S/c1-11(2)25(8-13-4-5-14(25)6-13)40-24(32)20-16-7-15-19(20)23(31)39-22(15)21(16)38-18(30)10-36-9-17(29)37-12(3)26(27,28)41(33,34)35;1-3-24(8-12-4-5-13(24)6-12)39-23(31)19-15-7-14-18(19)22(30)38-21(14)20(15)37-17(29)10-35-9-16(28)36-11(2)25(26,27)40(32,33)34;1-10(24(25,26)39(31,32)33)35-15(27)8-34-9-16(28)36-19-14-6-13-17(21(29)37-20(13)19)18(14)22(30)38-23(2)7-11-3-4-12(23)5-11/h11-16,19-22H,4-10H2,1-3H3,(H,33,34,35);11-15,18-21H,3-10H2,1-2H3,(H,32,33,34);10-14,17-20H,3-9H2,1-2H3,(H,31,32,33)/p-3. The van der Waals surface area contributed by atoms with Gasteiger partial charge < -0.3 is 84.7 Å². The molecule has 120 heavy (non-hydrogen) atoms. The topological polar surface area (TPSA) is 515 Å². The van der Waals surface area contributed by atoms with Crippen LogP contribution in [-0.2, 0) is 159 Å². The van der Waals surface area contributed by atoms with Crippen molar-refractivity contribution in [2.45, 2.75) is 239 Å². The van der Waals surface area contributed by atoms with E-state index in [-0.39, 0.29) is 35.5 Å². The van der Waals surface area contributed by atoms with Gasteiger partial charge in [-0.1, -0.05) is 20.8 Å². The minimum absolute atomic E-state index is 0.0972. The van der Waals surface area contributed by atoms with Crippen molar-refractivity contribution in [1.82, 2.24) is 0 Å². The highest BCUT2D eigenvalue weighted by Crippen LogP contribution is 2.65. The maximum absolute atomic E-state index is 13.7. The van der Waals surface area contributed by atoms with E-state index in [4.69, 9.17) is 56.8 Å². The summed E-state index contributed by atoms with van der Waals surface area (Å²) in [4.78, 5) is 151. The van der Waals surface area contributed by atoms with Gasteiger partial charge in [0.15, 0.2) is 48.7 Å². The van der Waals surface area contributed by atoms with Crippen LogP contribution in [0.15, 0.2) is 0 Å². The van der Waals surface area contributed by atoms with Crippen molar-refractivity contribution in [3.8, 4) is 0 Å². The van der Waals surface area contributed by atoms with E-state index in [2.05, 4.69) is 14.2 Å². The molecule has 0 aromatic carbocycles. The smallest absolute Gasteiger partial charge is 0.370 e. The molecule has 0 aromatic rings. The van der Waals surface area contributed by atoms with Crippen molar-refractivity contribution in [3.05, 3.63) is 0 Å². The normalized spacial score (nSPS) is 38.3. The Labute approximate surface area is 683 Å². The zero-order valence-corrected chi connectivity index (χ0v) is 68.4. The third-order valence-electron chi connectivity index (χ3n) is 28.3. The average molecular weight is 1780 g/mol. The summed E-state index contributed by atoms with van der Waals surface area (Å²) in [5.41, 5.74) is -1.72. The molecule has 12 bridgehead atoms. The lowest BCUT2D eigenvalue weighted by atomic mass is 9.75. The Morgan fingerprint density at radius 1 is 0.417 bits per heavy atom. The van der Waals surface area contributed by atoms with Gasteiger partial charge in [0.1, 0.15) is 93.1 Å². The second-order valence-corrected chi connectivity index (χ2v) is 39.5. The molecule has 3 aliphatic heterocycles. The van der Waals surface area contributed by atoms with Crippen LogP contribution in [0.1, 0.15) is 151 Å². The molecule has 0 aromatic heterocycles. The quantitative estimate of drug-likeness (QED) is 0.0400. The fourth-order valence-corrected chi connectivity index (χ4v) is 24.3. The number of alkyl halides is 6. The van der Waals surface area contributed by atoms with E-state index < -0.39 is 282 Å². The van der Waals surface area contributed by atoms with Crippen LogP contribution in [0.4, 0.5) is 26.3 Å². The second-order valence-electron chi connectivity index (χ2n) is 35.2. The molecule has 36 nitrogen and oxygen atoms in total. The fraction of sp³-hybridized carbons (Fsp3) is 0.840. The van der Waals surface area contributed by atoms with E-state index in [1.54, 1.807) is 0 Å². The molecule has 3 saturated heterocycles. The third kappa shape index (κ3) is 16.6. The Balaban J connectivity index is 0.000000156. The first-order valence-corrected chi connectivity index (χ1v) is 44.3. The van der Waals surface area contributed by atoms with Crippen molar-refractivity contribution >= 4 is 102 Å². The minimum atomic E-state index is -6.08. The molecule has 0 N–H and O–H groups in total. The first kappa shape index (κ1) is 90.6. The van der Waals surface area contributed by atoms with Gasteiger partial charge in [0.05, 0.1) is 35.5 Å². The van der Waals surface area contributed by atoms with Crippen LogP contribution in [0.5, 0.6) is 0 Å². The summed E-state index contributed by atoms with van der Waals surface area (Å²) in [5.74, 6) is -14.6. The van der Waals surface area contributed by atoms with Crippen molar-refractivity contribution in [2.75, 3.05) is 39.6 Å². The molecular formula is C75H93F6O36S3-3.